The van der Waals surface area contributed by atoms with Crippen molar-refractivity contribution in [2.75, 3.05) is 18.9 Å². The van der Waals surface area contributed by atoms with E-state index in [1.54, 1.807) is 18.9 Å². The van der Waals surface area contributed by atoms with Gasteiger partial charge in [0.1, 0.15) is 0 Å². The van der Waals surface area contributed by atoms with Crippen molar-refractivity contribution < 1.29 is 9.21 Å². The minimum atomic E-state index is -0.130. The van der Waals surface area contributed by atoms with E-state index in [1.807, 2.05) is 0 Å². The summed E-state index contributed by atoms with van der Waals surface area (Å²) in [5.74, 6) is 0.193. The van der Waals surface area contributed by atoms with Gasteiger partial charge < -0.3 is 9.32 Å². The van der Waals surface area contributed by atoms with Crippen LogP contribution in [0.2, 0.25) is 0 Å². The Balaban J connectivity index is 2.73. The van der Waals surface area contributed by atoms with E-state index in [-0.39, 0.29) is 5.91 Å². The summed E-state index contributed by atoms with van der Waals surface area (Å²) in [6.07, 6.45) is 1.28. The van der Waals surface area contributed by atoms with Crippen LogP contribution in [0.3, 0.4) is 0 Å². The Morgan fingerprint density at radius 1 is 1.77 bits per heavy atom. The van der Waals surface area contributed by atoms with Gasteiger partial charge in [0.15, 0.2) is 6.39 Å². The fourth-order valence-corrected chi connectivity index (χ4v) is 1.44. The number of carbonyl (C=O) groups excluding carboxylic acids is 1. The van der Waals surface area contributed by atoms with Crippen LogP contribution in [0.15, 0.2) is 10.8 Å². The second kappa shape index (κ2) is 4.41. The van der Waals surface area contributed by atoms with Crippen LogP contribution in [0.1, 0.15) is 16.2 Å². The molecule has 0 unspecified atom stereocenters. The molecule has 4 nitrogen and oxygen atoms in total. The van der Waals surface area contributed by atoms with Crippen LogP contribution in [0, 0.1) is 6.92 Å². The van der Waals surface area contributed by atoms with Crippen LogP contribution < -0.4 is 0 Å². The van der Waals surface area contributed by atoms with E-state index in [1.165, 1.54) is 6.39 Å². The van der Waals surface area contributed by atoms with E-state index in [0.29, 0.717) is 18.0 Å². The van der Waals surface area contributed by atoms with Gasteiger partial charge in [0.05, 0.1) is 5.69 Å². The van der Waals surface area contributed by atoms with Crippen molar-refractivity contribution in [2.24, 2.45) is 0 Å². The minimum Gasteiger partial charge on any atom is -0.438 e. The second-order valence-corrected chi connectivity index (χ2v) is 3.48. The number of hydrogen-bond donors (Lipinski definition) is 0. The summed E-state index contributed by atoms with van der Waals surface area (Å²) in [5.41, 5.74) is 0.631. The van der Waals surface area contributed by atoms with Gasteiger partial charge in [-0.25, -0.2) is 4.98 Å². The second-order valence-electron chi connectivity index (χ2n) is 2.68. The molecule has 1 aromatic rings. The number of amides is 1. The van der Waals surface area contributed by atoms with Crippen molar-refractivity contribution in [1.29, 1.82) is 0 Å². The van der Waals surface area contributed by atoms with Crippen molar-refractivity contribution in [3.8, 4) is 0 Å². The maximum Gasteiger partial charge on any atom is 0.291 e. The number of aryl methyl sites for hydroxylation is 1. The molecule has 0 N–H and O–H groups in total. The molecule has 13 heavy (non-hydrogen) atoms. The third-order valence-corrected chi connectivity index (χ3v) is 2.06. The summed E-state index contributed by atoms with van der Waals surface area (Å²) in [4.78, 5) is 17.0. The predicted octanol–water partition coefficient (Wildman–Crippen LogP) is 1.45. The predicted molar refractivity (Wildman–Crippen MR) is 52.0 cm³/mol. The highest BCUT2D eigenvalue weighted by Crippen LogP contribution is 2.07. The van der Waals surface area contributed by atoms with E-state index >= 15 is 0 Å². The number of halogens is 1. The van der Waals surface area contributed by atoms with Crippen LogP contribution in [0.5, 0.6) is 0 Å². The molecule has 5 heteroatoms. The lowest BCUT2D eigenvalue weighted by molar-refractivity contribution is 0.0772. The first-order valence-electron chi connectivity index (χ1n) is 3.88. The molecule has 0 radical (unpaired) electrons. The van der Waals surface area contributed by atoms with Gasteiger partial charge in [-0.15, -0.1) is 0 Å². The van der Waals surface area contributed by atoms with Crippen molar-refractivity contribution >= 4 is 21.8 Å². The largest absolute Gasteiger partial charge is 0.438 e. The molecule has 1 heterocycles. The van der Waals surface area contributed by atoms with E-state index in [2.05, 4.69) is 20.9 Å². The van der Waals surface area contributed by atoms with Crippen molar-refractivity contribution in [1.82, 2.24) is 9.88 Å². The van der Waals surface area contributed by atoms with Gasteiger partial charge in [0.25, 0.3) is 5.91 Å². The topological polar surface area (TPSA) is 46.3 Å². The molecule has 0 aliphatic carbocycles. The van der Waals surface area contributed by atoms with Gasteiger partial charge in [-0.05, 0) is 6.92 Å². The summed E-state index contributed by atoms with van der Waals surface area (Å²) in [7, 11) is 1.73. The van der Waals surface area contributed by atoms with Gasteiger partial charge >= 0.3 is 0 Å². The number of nitrogens with zero attached hydrogens (tertiary/aromatic N) is 2. The van der Waals surface area contributed by atoms with E-state index < -0.39 is 0 Å². The molecule has 72 valence electrons. The maximum absolute atomic E-state index is 11.6. The summed E-state index contributed by atoms with van der Waals surface area (Å²) >= 11 is 3.26. The third kappa shape index (κ3) is 2.30. The molecule has 0 atom stereocenters. The van der Waals surface area contributed by atoms with E-state index in [4.69, 9.17) is 4.42 Å². The molecule has 0 aliphatic rings. The van der Waals surface area contributed by atoms with E-state index in [9.17, 15) is 4.79 Å². The van der Waals surface area contributed by atoms with Gasteiger partial charge in [-0.3, -0.25) is 4.79 Å². The molecule has 0 saturated carbocycles. The monoisotopic (exact) mass is 246 g/mol. The number of rotatable bonds is 3. The van der Waals surface area contributed by atoms with Gasteiger partial charge in [-0.1, -0.05) is 15.9 Å². The van der Waals surface area contributed by atoms with Crippen LogP contribution in [-0.2, 0) is 0 Å². The molecule has 1 aromatic heterocycles. The first-order valence-corrected chi connectivity index (χ1v) is 5.00. The van der Waals surface area contributed by atoms with Crippen molar-refractivity contribution in [3.05, 3.63) is 17.8 Å². The van der Waals surface area contributed by atoms with Crippen LogP contribution >= 0.6 is 15.9 Å². The molecular formula is C8H11BrN2O2. The Bertz CT molecular complexity index is 298. The van der Waals surface area contributed by atoms with Gasteiger partial charge in [-0.2, -0.15) is 0 Å². The summed E-state index contributed by atoms with van der Waals surface area (Å²) < 4.78 is 4.98. The SMILES string of the molecule is Cc1ncoc1C(=O)N(C)CCBr. The fraction of sp³-hybridized carbons (Fsp3) is 0.500. The molecule has 1 rings (SSSR count). The van der Waals surface area contributed by atoms with Crippen molar-refractivity contribution in [3.63, 3.8) is 0 Å². The highest BCUT2D eigenvalue weighted by atomic mass is 79.9. The molecule has 0 bridgehead atoms. The zero-order valence-corrected chi connectivity index (χ0v) is 9.17. The number of aromatic nitrogens is 1. The molecule has 0 fully saturated rings. The Labute approximate surface area is 85.1 Å². The van der Waals surface area contributed by atoms with Crippen molar-refractivity contribution in [2.45, 2.75) is 6.92 Å². The Hall–Kier alpha value is -0.840. The molecule has 0 saturated heterocycles. The number of alkyl halides is 1. The molecule has 0 spiro atoms. The van der Waals surface area contributed by atoms with Gasteiger partial charge in [0.2, 0.25) is 5.76 Å². The molecule has 0 aliphatic heterocycles. The quantitative estimate of drug-likeness (QED) is 0.759. The summed E-state index contributed by atoms with van der Waals surface area (Å²) in [6.45, 7) is 2.40. The standard InChI is InChI=1S/C8H11BrN2O2/c1-6-7(13-5-10-6)8(12)11(2)4-3-9/h5H,3-4H2,1-2H3. The highest BCUT2D eigenvalue weighted by Gasteiger charge is 2.17. The lowest BCUT2D eigenvalue weighted by Gasteiger charge is -2.13. The Morgan fingerprint density at radius 3 is 2.92 bits per heavy atom. The van der Waals surface area contributed by atoms with Crippen LogP contribution in [0.25, 0.3) is 0 Å². The molecule has 0 aromatic carbocycles. The maximum atomic E-state index is 11.6. The molecular weight excluding hydrogens is 236 g/mol. The lowest BCUT2D eigenvalue weighted by Crippen LogP contribution is -2.28. The smallest absolute Gasteiger partial charge is 0.291 e. The number of carbonyl (C=O) groups is 1. The number of hydrogen-bond acceptors (Lipinski definition) is 3. The average Bonchev–Trinajstić information content (AvgIpc) is 2.50. The lowest BCUT2D eigenvalue weighted by atomic mass is 10.3. The number of oxazole rings is 1. The first-order chi connectivity index (χ1) is 6.16. The van der Waals surface area contributed by atoms with E-state index in [0.717, 1.165) is 5.33 Å². The third-order valence-electron chi connectivity index (χ3n) is 1.71. The fourth-order valence-electron chi connectivity index (χ4n) is 0.909. The average molecular weight is 247 g/mol. The zero-order chi connectivity index (χ0) is 9.84. The minimum absolute atomic E-state index is 0.130. The first kappa shape index (κ1) is 10.2. The van der Waals surface area contributed by atoms with Crippen LogP contribution in [0.4, 0.5) is 0 Å². The normalized spacial score (nSPS) is 10.1. The molecule has 1 amide bonds. The zero-order valence-electron chi connectivity index (χ0n) is 7.58. The summed E-state index contributed by atoms with van der Waals surface area (Å²) in [5, 5.41) is 0.752. The highest BCUT2D eigenvalue weighted by molar-refractivity contribution is 9.09. The summed E-state index contributed by atoms with van der Waals surface area (Å²) in [6, 6.07) is 0. The van der Waals surface area contributed by atoms with Gasteiger partial charge in [0, 0.05) is 18.9 Å². The van der Waals surface area contributed by atoms with Crippen LogP contribution in [-0.4, -0.2) is 34.7 Å². The Kier molecular flexibility index (Phi) is 3.48. The Morgan fingerprint density at radius 2 is 2.46 bits per heavy atom.